The molecule has 0 saturated heterocycles. The van der Waals surface area contributed by atoms with Gasteiger partial charge in [-0.15, -0.1) is 11.3 Å². The molecule has 2 heterocycles. The van der Waals surface area contributed by atoms with E-state index in [0.717, 1.165) is 28.3 Å². The van der Waals surface area contributed by atoms with Crippen molar-refractivity contribution in [3.63, 3.8) is 0 Å². The molecule has 0 bridgehead atoms. The highest BCUT2D eigenvalue weighted by atomic mass is 32.1. The van der Waals surface area contributed by atoms with Crippen LogP contribution in [0.2, 0.25) is 0 Å². The Morgan fingerprint density at radius 2 is 1.96 bits per heavy atom. The van der Waals surface area contributed by atoms with Crippen LogP contribution in [-0.4, -0.2) is 28.5 Å². The Labute approximate surface area is 155 Å². The number of rotatable bonds is 5. The molecular weight excluding hydrogens is 350 g/mol. The number of amides is 1. The summed E-state index contributed by atoms with van der Waals surface area (Å²) >= 11 is 1.27. The number of anilines is 1. The van der Waals surface area contributed by atoms with Crippen LogP contribution in [0.1, 0.15) is 26.6 Å². The van der Waals surface area contributed by atoms with Crippen LogP contribution in [-0.2, 0) is 16.0 Å². The van der Waals surface area contributed by atoms with Crippen molar-refractivity contribution in [1.29, 1.82) is 0 Å². The van der Waals surface area contributed by atoms with Crippen molar-refractivity contribution >= 4 is 28.9 Å². The van der Waals surface area contributed by atoms with Gasteiger partial charge < -0.3 is 14.6 Å². The molecule has 0 unspecified atom stereocenters. The maximum absolute atomic E-state index is 12.2. The van der Waals surface area contributed by atoms with Crippen molar-refractivity contribution in [2.45, 2.75) is 20.3 Å². The van der Waals surface area contributed by atoms with Gasteiger partial charge in [0.2, 0.25) is 5.91 Å². The van der Waals surface area contributed by atoms with Crippen LogP contribution < -0.4 is 5.32 Å². The lowest BCUT2D eigenvalue weighted by atomic mass is 10.2. The van der Waals surface area contributed by atoms with E-state index in [0.29, 0.717) is 4.88 Å². The number of benzene rings is 1. The summed E-state index contributed by atoms with van der Waals surface area (Å²) in [4.78, 5) is 28.4. The zero-order chi connectivity index (χ0) is 18.7. The SMILES string of the molecule is COC(=O)c1cc(CC(=O)Nc2ccc(-n3cnc(C)c3C)cc2)cs1. The van der Waals surface area contributed by atoms with Gasteiger partial charge in [0, 0.05) is 17.1 Å². The number of hydrogen-bond donors (Lipinski definition) is 1. The maximum atomic E-state index is 12.2. The number of imidazole rings is 1. The molecule has 1 amide bonds. The first-order chi connectivity index (χ1) is 12.5. The van der Waals surface area contributed by atoms with E-state index in [1.165, 1.54) is 18.4 Å². The van der Waals surface area contributed by atoms with Crippen molar-refractivity contribution in [2.24, 2.45) is 0 Å². The van der Waals surface area contributed by atoms with Gasteiger partial charge in [-0.1, -0.05) is 0 Å². The molecule has 134 valence electrons. The lowest BCUT2D eigenvalue weighted by Crippen LogP contribution is -2.14. The first-order valence-corrected chi connectivity index (χ1v) is 8.92. The third-order valence-corrected chi connectivity index (χ3v) is 5.05. The van der Waals surface area contributed by atoms with Gasteiger partial charge in [-0.2, -0.15) is 0 Å². The van der Waals surface area contributed by atoms with Gasteiger partial charge in [0.1, 0.15) is 4.88 Å². The van der Waals surface area contributed by atoms with E-state index >= 15 is 0 Å². The monoisotopic (exact) mass is 369 g/mol. The molecule has 6 nitrogen and oxygen atoms in total. The van der Waals surface area contributed by atoms with Crippen LogP contribution in [0.4, 0.5) is 5.69 Å². The lowest BCUT2D eigenvalue weighted by molar-refractivity contribution is -0.115. The molecule has 0 spiro atoms. The first kappa shape index (κ1) is 17.9. The third kappa shape index (κ3) is 3.83. The fraction of sp³-hybridized carbons (Fsp3) is 0.211. The van der Waals surface area contributed by atoms with Crippen LogP contribution in [0.15, 0.2) is 42.0 Å². The Hall–Kier alpha value is -2.93. The molecule has 1 aromatic carbocycles. The van der Waals surface area contributed by atoms with Crippen LogP contribution >= 0.6 is 11.3 Å². The Kier molecular flexibility index (Phi) is 5.18. The van der Waals surface area contributed by atoms with E-state index in [1.807, 2.05) is 42.7 Å². The summed E-state index contributed by atoms with van der Waals surface area (Å²) in [6.45, 7) is 3.98. The highest BCUT2D eigenvalue weighted by Gasteiger charge is 2.12. The molecule has 1 N–H and O–H groups in total. The van der Waals surface area contributed by atoms with Crippen molar-refractivity contribution in [3.8, 4) is 5.69 Å². The number of thiophene rings is 1. The zero-order valence-electron chi connectivity index (χ0n) is 14.8. The summed E-state index contributed by atoms with van der Waals surface area (Å²) in [7, 11) is 1.34. The van der Waals surface area contributed by atoms with Gasteiger partial charge in [-0.25, -0.2) is 9.78 Å². The minimum absolute atomic E-state index is 0.137. The second kappa shape index (κ2) is 7.53. The number of nitrogens with zero attached hydrogens (tertiary/aromatic N) is 2. The summed E-state index contributed by atoms with van der Waals surface area (Å²) in [5.74, 6) is -0.524. The van der Waals surface area contributed by atoms with Crippen LogP contribution in [0.5, 0.6) is 0 Å². The topological polar surface area (TPSA) is 73.2 Å². The van der Waals surface area contributed by atoms with Crippen LogP contribution in [0, 0.1) is 13.8 Å². The van der Waals surface area contributed by atoms with E-state index in [-0.39, 0.29) is 18.3 Å². The fourth-order valence-corrected chi connectivity index (χ4v) is 3.36. The Bertz CT molecular complexity index is 941. The standard InChI is InChI=1S/C19H19N3O3S/c1-12-13(2)22(11-20-12)16-6-4-15(5-7-16)21-18(23)9-14-8-17(26-10-14)19(24)25-3/h4-8,10-11H,9H2,1-3H3,(H,21,23). The van der Waals surface area contributed by atoms with Crippen molar-refractivity contribution < 1.29 is 14.3 Å². The van der Waals surface area contributed by atoms with E-state index < -0.39 is 0 Å². The summed E-state index contributed by atoms with van der Waals surface area (Å²) < 4.78 is 6.67. The van der Waals surface area contributed by atoms with Gasteiger partial charge >= 0.3 is 5.97 Å². The number of nitrogens with one attached hydrogen (secondary N) is 1. The molecule has 0 aliphatic heterocycles. The maximum Gasteiger partial charge on any atom is 0.348 e. The smallest absolute Gasteiger partial charge is 0.348 e. The van der Waals surface area contributed by atoms with Crippen molar-refractivity contribution in [2.75, 3.05) is 12.4 Å². The molecule has 0 atom stereocenters. The number of esters is 1. The molecule has 0 fully saturated rings. The molecule has 7 heteroatoms. The van der Waals surface area contributed by atoms with Crippen LogP contribution in [0.3, 0.4) is 0 Å². The number of methoxy groups -OCH3 is 1. The summed E-state index contributed by atoms with van der Waals surface area (Å²) in [6, 6.07) is 9.27. The molecule has 26 heavy (non-hydrogen) atoms. The number of carbonyl (C=O) groups is 2. The molecule has 0 aliphatic rings. The van der Waals surface area contributed by atoms with E-state index in [4.69, 9.17) is 0 Å². The number of ether oxygens (including phenoxy) is 1. The number of aromatic nitrogens is 2. The van der Waals surface area contributed by atoms with E-state index in [9.17, 15) is 9.59 Å². The molecule has 3 aromatic rings. The molecule has 2 aromatic heterocycles. The first-order valence-electron chi connectivity index (χ1n) is 8.04. The van der Waals surface area contributed by atoms with Gasteiger partial charge in [-0.05, 0) is 55.1 Å². The zero-order valence-corrected chi connectivity index (χ0v) is 15.6. The van der Waals surface area contributed by atoms with Gasteiger partial charge in [-0.3, -0.25) is 4.79 Å². The average Bonchev–Trinajstić information content (AvgIpc) is 3.22. The van der Waals surface area contributed by atoms with Gasteiger partial charge in [0.25, 0.3) is 0 Å². The Balaban J connectivity index is 1.63. The molecule has 3 rings (SSSR count). The predicted octanol–water partition coefficient (Wildman–Crippen LogP) is 3.52. The van der Waals surface area contributed by atoms with Gasteiger partial charge in [0.05, 0.1) is 25.6 Å². The summed E-state index contributed by atoms with van der Waals surface area (Å²) in [5, 5.41) is 4.66. The second-order valence-corrected chi connectivity index (χ2v) is 6.78. The molecule has 0 radical (unpaired) electrons. The highest BCUT2D eigenvalue weighted by Crippen LogP contribution is 2.19. The second-order valence-electron chi connectivity index (χ2n) is 5.87. The highest BCUT2D eigenvalue weighted by molar-refractivity contribution is 7.12. The van der Waals surface area contributed by atoms with E-state index in [1.54, 1.807) is 17.8 Å². The Morgan fingerprint density at radius 3 is 2.58 bits per heavy atom. The van der Waals surface area contributed by atoms with Crippen LogP contribution in [0.25, 0.3) is 5.69 Å². The summed E-state index contributed by atoms with van der Waals surface area (Å²) in [6.07, 6.45) is 1.99. The predicted molar refractivity (Wildman–Crippen MR) is 101 cm³/mol. The number of aryl methyl sites for hydroxylation is 1. The quantitative estimate of drug-likeness (QED) is 0.699. The van der Waals surface area contributed by atoms with Gasteiger partial charge in [0.15, 0.2) is 0 Å². The minimum atomic E-state index is -0.387. The minimum Gasteiger partial charge on any atom is -0.465 e. The number of carbonyl (C=O) groups excluding carboxylic acids is 2. The average molecular weight is 369 g/mol. The van der Waals surface area contributed by atoms with Crippen molar-refractivity contribution in [1.82, 2.24) is 9.55 Å². The molecular formula is C19H19N3O3S. The van der Waals surface area contributed by atoms with Crippen molar-refractivity contribution in [3.05, 3.63) is 63.9 Å². The summed E-state index contributed by atoms with van der Waals surface area (Å²) in [5.41, 5.74) is 4.57. The third-order valence-electron chi connectivity index (χ3n) is 4.09. The Morgan fingerprint density at radius 1 is 1.23 bits per heavy atom. The number of hydrogen-bond acceptors (Lipinski definition) is 5. The lowest BCUT2D eigenvalue weighted by Gasteiger charge is -2.08. The fourth-order valence-electron chi connectivity index (χ4n) is 2.53. The largest absolute Gasteiger partial charge is 0.465 e. The normalized spacial score (nSPS) is 10.6. The molecule has 0 aliphatic carbocycles. The molecule has 0 saturated carbocycles. The van der Waals surface area contributed by atoms with E-state index in [2.05, 4.69) is 15.0 Å².